The Kier molecular flexibility index (Phi) is 6.18. The lowest BCUT2D eigenvalue weighted by Crippen LogP contribution is -3.00. The second-order valence-corrected chi connectivity index (χ2v) is 8.94. The number of nitrogens with zero attached hydrogens (tertiary/aromatic N) is 1. The molecule has 2 saturated heterocycles. The zero-order chi connectivity index (χ0) is 19.2. The van der Waals surface area contributed by atoms with Gasteiger partial charge in [-0.15, -0.1) is 0 Å². The van der Waals surface area contributed by atoms with Crippen LogP contribution in [0.2, 0.25) is 0 Å². The van der Waals surface area contributed by atoms with E-state index in [2.05, 4.69) is 14.1 Å². The molecule has 2 aliphatic rings. The van der Waals surface area contributed by atoms with Crippen LogP contribution in [0, 0.1) is 17.6 Å². The second-order valence-electron chi connectivity index (χ2n) is 8.94. The van der Waals surface area contributed by atoms with E-state index in [9.17, 15) is 13.9 Å². The van der Waals surface area contributed by atoms with E-state index in [0.29, 0.717) is 35.5 Å². The largest absolute Gasteiger partial charge is 1.00 e. The van der Waals surface area contributed by atoms with Crippen molar-refractivity contribution < 1.29 is 42.3 Å². The molecule has 0 aromatic heterocycles. The van der Waals surface area contributed by atoms with Gasteiger partial charge in [-0.2, -0.15) is 0 Å². The fourth-order valence-electron chi connectivity index (χ4n) is 5.47. The minimum Gasteiger partial charge on any atom is -1.00 e. The molecule has 28 heavy (non-hydrogen) atoms. The van der Waals surface area contributed by atoms with E-state index >= 15 is 0 Å². The molecule has 0 amide bonds. The standard InChI is InChI=1S/C23H28F2NO.HI/c1-26(2)21-9-10-22(26)12-16(11-21)15-23(27,17-5-3-7-19(24)13-17)18-6-4-8-20(25)14-18;/h3-8,13-14,16,21-22,27H,9-12,15H2,1-2H3;1H/q+1;/p-1/t21-,22-;/m0./s1. The fourth-order valence-corrected chi connectivity index (χ4v) is 5.47. The topological polar surface area (TPSA) is 20.2 Å². The maximum Gasteiger partial charge on any atom is 0.123 e. The summed E-state index contributed by atoms with van der Waals surface area (Å²) in [6.07, 6.45) is 5.05. The molecular weight excluding hydrogens is 471 g/mol. The first-order valence-corrected chi connectivity index (χ1v) is 9.87. The molecule has 0 aliphatic carbocycles. The summed E-state index contributed by atoms with van der Waals surface area (Å²) in [4.78, 5) is 0. The van der Waals surface area contributed by atoms with Gasteiger partial charge in [-0.05, 0) is 47.7 Å². The summed E-state index contributed by atoms with van der Waals surface area (Å²) in [5, 5.41) is 11.7. The van der Waals surface area contributed by atoms with E-state index in [1.807, 2.05) is 0 Å². The number of aliphatic hydroxyl groups is 1. The molecule has 2 aromatic rings. The van der Waals surface area contributed by atoms with Gasteiger partial charge in [0.1, 0.15) is 17.2 Å². The highest BCUT2D eigenvalue weighted by atomic mass is 127. The van der Waals surface area contributed by atoms with E-state index < -0.39 is 5.60 Å². The summed E-state index contributed by atoms with van der Waals surface area (Å²) < 4.78 is 28.9. The molecule has 2 heterocycles. The zero-order valence-electron chi connectivity index (χ0n) is 16.4. The molecule has 2 aromatic carbocycles. The predicted molar refractivity (Wildman–Crippen MR) is 102 cm³/mol. The van der Waals surface area contributed by atoms with E-state index in [1.54, 1.807) is 24.3 Å². The molecule has 0 radical (unpaired) electrons. The smallest absolute Gasteiger partial charge is 0.123 e. The van der Waals surface area contributed by atoms with Gasteiger partial charge in [0.15, 0.2) is 0 Å². The summed E-state index contributed by atoms with van der Waals surface area (Å²) in [5.41, 5.74) is -0.387. The van der Waals surface area contributed by atoms with Crippen LogP contribution in [-0.4, -0.2) is 35.8 Å². The van der Waals surface area contributed by atoms with Crippen molar-refractivity contribution in [3.63, 3.8) is 0 Å². The van der Waals surface area contributed by atoms with Gasteiger partial charge in [-0.25, -0.2) is 8.78 Å². The van der Waals surface area contributed by atoms with Crippen molar-refractivity contribution >= 4 is 0 Å². The zero-order valence-corrected chi connectivity index (χ0v) is 18.6. The maximum absolute atomic E-state index is 13.9. The number of benzene rings is 2. The Morgan fingerprint density at radius 3 is 1.82 bits per heavy atom. The van der Waals surface area contributed by atoms with Crippen LogP contribution < -0.4 is 24.0 Å². The van der Waals surface area contributed by atoms with Gasteiger partial charge in [0, 0.05) is 25.7 Å². The molecule has 2 aliphatic heterocycles. The summed E-state index contributed by atoms with van der Waals surface area (Å²) in [6.45, 7) is 0. The lowest BCUT2D eigenvalue weighted by Gasteiger charge is -2.46. The van der Waals surface area contributed by atoms with Crippen LogP contribution >= 0.6 is 0 Å². The summed E-state index contributed by atoms with van der Waals surface area (Å²) in [5.74, 6) is -0.433. The Morgan fingerprint density at radius 1 is 0.929 bits per heavy atom. The number of piperidine rings is 1. The average molecular weight is 499 g/mol. The summed E-state index contributed by atoms with van der Waals surface area (Å²) in [6, 6.07) is 13.4. The van der Waals surface area contributed by atoms with E-state index in [1.165, 1.54) is 37.1 Å². The first-order valence-electron chi connectivity index (χ1n) is 9.87. The molecule has 4 rings (SSSR count). The minimum atomic E-state index is -1.39. The Bertz CT molecular complexity index is 779. The number of quaternary nitrogens is 1. The van der Waals surface area contributed by atoms with Crippen molar-refractivity contribution in [2.45, 2.75) is 49.8 Å². The average Bonchev–Trinajstić information content (AvgIpc) is 2.79. The highest BCUT2D eigenvalue weighted by molar-refractivity contribution is 5.36. The Balaban J connectivity index is 0.00000225. The molecule has 152 valence electrons. The van der Waals surface area contributed by atoms with Gasteiger partial charge in [0.2, 0.25) is 0 Å². The monoisotopic (exact) mass is 499 g/mol. The first kappa shape index (κ1) is 21.7. The van der Waals surface area contributed by atoms with Gasteiger partial charge in [0.25, 0.3) is 0 Å². The van der Waals surface area contributed by atoms with Gasteiger partial charge in [0.05, 0.1) is 26.2 Å². The first-order chi connectivity index (χ1) is 12.8. The molecule has 5 heteroatoms. The van der Waals surface area contributed by atoms with Crippen molar-refractivity contribution in [2.75, 3.05) is 14.1 Å². The van der Waals surface area contributed by atoms with E-state index in [0.717, 1.165) is 17.3 Å². The van der Waals surface area contributed by atoms with Crippen molar-refractivity contribution in [3.8, 4) is 0 Å². The SMILES string of the molecule is C[N+]1(C)[C@H]2CC[C@H]1CC(CC(O)(c1cccc(F)c1)c1cccc(F)c1)C2.[I-]. The van der Waals surface area contributed by atoms with Crippen molar-refractivity contribution in [2.24, 2.45) is 5.92 Å². The highest BCUT2D eigenvalue weighted by Crippen LogP contribution is 2.47. The quantitative estimate of drug-likeness (QED) is 0.501. The van der Waals surface area contributed by atoms with Gasteiger partial charge in [-0.3, -0.25) is 0 Å². The third-order valence-corrected chi connectivity index (χ3v) is 7.11. The molecule has 2 fully saturated rings. The maximum atomic E-state index is 13.9. The van der Waals surface area contributed by atoms with Gasteiger partial charge >= 0.3 is 0 Å². The minimum absolute atomic E-state index is 0. The third-order valence-electron chi connectivity index (χ3n) is 7.11. The molecule has 1 N–H and O–H groups in total. The predicted octanol–water partition coefficient (Wildman–Crippen LogP) is 1.61. The van der Waals surface area contributed by atoms with Crippen molar-refractivity contribution in [1.29, 1.82) is 0 Å². The molecule has 0 spiro atoms. The molecule has 0 unspecified atom stereocenters. The van der Waals surface area contributed by atoms with Gasteiger partial charge < -0.3 is 33.6 Å². The van der Waals surface area contributed by atoms with Gasteiger partial charge in [-0.1, -0.05) is 24.3 Å². The second kappa shape index (κ2) is 8.00. The molecule has 2 atom stereocenters. The van der Waals surface area contributed by atoms with Crippen molar-refractivity contribution in [1.82, 2.24) is 0 Å². The van der Waals surface area contributed by atoms with Crippen LogP contribution in [0.5, 0.6) is 0 Å². The van der Waals surface area contributed by atoms with Crippen LogP contribution in [0.25, 0.3) is 0 Å². The van der Waals surface area contributed by atoms with Crippen LogP contribution in [0.1, 0.15) is 43.2 Å². The molecular formula is C23H28F2INO. The fraction of sp³-hybridized carbons (Fsp3) is 0.478. The number of rotatable bonds is 4. The highest BCUT2D eigenvalue weighted by Gasteiger charge is 2.50. The van der Waals surface area contributed by atoms with E-state index in [-0.39, 0.29) is 35.6 Å². The van der Waals surface area contributed by atoms with Crippen LogP contribution in [0.4, 0.5) is 8.78 Å². The Labute approximate surface area is 183 Å². The lowest BCUT2D eigenvalue weighted by molar-refractivity contribution is -0.931. The Morgan fingerprint density at radius 2 is 1.39 bits per heavy atom. The normalized spacial score (nSPS) is 26.0. The summed E-state index contributed by atoms with van der Waals surface area (Å²) >= 11 is 0. The number of fused-ring (bicyclic) bond motifs is 2. The number of halogens is 3. The van der Waals surface area contributed by atoms with Crippen molar-refractivity contribution in [3.05, 3.63) is 71.3 Å². The number of hydrogen-bond donors (Lipinski definition) is 1. The van der Waals surface area contributed by atoms with Crippen LogP contribution in [0.15, 0.2) is 48.5 Å². The van der Waals surface area contributed by atoms with Crippen LogP contribution in [0.3, 0.4) is 0 Å². The number of hydrogen-bond acceptors (Lipinski definition) is 1. The lowest BCUT2D eigenvalue weighted by atomic mass is 9.75. The Hall–Kier alpha value is -1.05. The third kappa shape index (κ3) is 3.85. The van der Waals surface area contributed by atoms with E-state index in [4.69, 9.17) is 0 Å². The molecule has 2 bridgehead atoms. The molecule has 0 saturated carbocycles. The summed E-state index contributed by atoms with van der Waals surface area (Å²) in [7, 11) is 4.62. The molecule has 2 nitrogen and oxygen atoms in total. The van der Waals surface area contributed by atoms with Crippen LogP contribution in [-0.2, 0) is 5.60 Å².